The molecule has 1 aromatic rings. The molecule has 0 aliphatic carbocycles. The summed E-state index contributed by atoms with van der Waals surface area (Å²) < 4.78 is 10.7. The Kier molecular flexibility index (Phi) is 3.52. The number of benzene rings is 1. The molecule has 2 saturated heterocycles. The Hall–Kier alpha value is -2.51. The number of hydrogen-bond acceptors (Lipinski definition) is 6. The van der Waals surface area contributed by atoms with Crippen molar-refractivity contribution in [1.82, 2.24) is 0 Å². The third-order valence-electron chi connectivity index (χ3n) is 5.02. The first-order valence-electron chi connectivity index (χ1n) is 8.15. The van der Waals surface area contributed by atoms with Gasteiger partial charge in [-0.25, -0.2) is 9.69 Å². The molecule has 4 atom stereocenters. The number of aliphatic hydroxyl groups is 1. The first-order valence-corrected chi connectivity index (χ1v) is 8.15. The molecule has 0 saturated carbocycles. The van der Waals surface area contributed by atoms with Crippen molar-refractivity contribution in [3.05, 3.63) is 42.0 Å². The molecule has 0 radical (unpaired) electrons. The van der Waals surface area contributed by atoms with Crippen LogP contribution in [0.2, 0.25) is 0 Å². The molecule has 3 aliphatic rings. The molecule has 25 heavy (non-hydrogen) atoms. The molecule has 0 spiro atoms. The number of carbonyl (C=O) groups excluding carboxylic acids is 3. The van der Waals surface area contributed by atoms with Crippen molar-refractivity contribution in [3.8, 4) is 0 Å². The topological polar surface area (TPSA) is 93.1 Å². The zero-order valence-electron chi connectivity index (χ0n) is 13.5. The van der Waals surface area contributed by atoms with Gasteiger partial charge in [-0.15, -0.1) is 0 Å². The number of rotatable bonds is 4. The number of esters is 1. The second-order valence-electron chi connectivity index (χ2n) is 6.34. The second-order valence-corrected chi connectivity index (χ2v) is 6.34. The van der Waals surface area contributed by atoms with E-state index in [1.807, 2.05) is 0 Å². The lowest BCUT2D eigenvalue weighted by Gasteiger charge is -2.26. The van der Waals surface area contributed by atoms with Crippen molar-refractivity contribution in [3.63, 3.8) is 0 Å². The van der Waals surface area contributed by atoms with Crippen LogP contribution in [-0.4, -0.2) is 47.8 Å². The third-order valence-corrected chi connectivity index (χ3v) is 5.02. The Morgan fingerprint density at radius 2 is 2.16 bits per heavy atom. The highest BCUT2D eigenvalue weighted by molar-refractivity contribution is 6.23. The molecule has 7 heteroatoms. The van der Waals surface area contributed by atoms with E-state index < -0.39 is 35.4 Å². The minimum Gasteiger partial charge on any atom is -0.462 e. The quantitative estimate of drug-likeness (QED) is 0.491. The van der Waals surface area contributed by atoms with Gasteiger partial charge >= 0.3 is 5.97 Å². The molecule has 3 heterocycles. The summed E-state index contributed by atoms with van der Waals surface area (Å²) in [7, 11) is 0. The minimum absolute atomic E-state index is 0.235. The molecule has 7 nitrogen and oxygen atoms in total. The van der Waals surface area contributed by atoms with E-state index >= 15 is 0 Å². The number of carbonyl (C=O) groups is 3. The normalized spacial score (nSPS) is 32.4. The fraction of sp³-hybridized carbons (Fsp3) is 0.389. The smallest absolute Gasteiger partial charge is 0.338 e. The maximum Gasteiger partial charge on any atom is 0.338 e. The van der Waals surface area contributed by atoms with Gasteiger partial charge in [-0.2, -0.15) is 0 Å². The Balaban J connectivity index is 1.70. The van der Waals surface area contributed by atoms with Gasteiger partial charge in [-0.05, 0) is 25.1 Å². The summed E-state index contributed by atoms with van der Waals surface area (Å²) >= 11 is 0. The van der Waals surface area contributed by atoms with Gasteiger partial charge in [0.15, 0.2) is 0 Å². The Morgan fingerprint density at radius 1 is 1.36 bits per heavy atom. The lowest BCUT2D eigenvalue weighted by Crippen LogP contribution is -2.43. The molecule has 3 aliphatic heterocycles. The monoisotopic (exact) mass is 343 g/mol. The fourth-order valence-electron chi connectivity index (χ4n) is 3.92. The van der Waals surface area contributed by atoms with Crippen molar-refractivity contribution >= 4 is 23.5 Å². The molecule has 1 aromatic carbocycles. The zero-order chi connectivity index (χ0) is 17.8. The molecule has 130 valence electrons. The number of anilines is 1. The van der Waals surface area contributed by atoms with Gasteiger partial charge in [0.2, 0.25) is 11.8 Å². The summed E-state index contributed by atoms with van der Waals surface area (Å²) in [5.41, 5.74) is -0.538. The van der Waals surface area contributed by atoms with E-state index in [0.717, 1.165) is 4.90 Å². The van der Waals surface area contributed by atoms with Crippen LogP contribution in [0.1, 0.15) is 17.3 Å². The molecule has 0 unspecified atom stereocenters. The van der Waals surface area contributed by atoms with E-state index in [2.05, 4.69) is 0 Å². The molecule has 0 aromatic heterocycles. The van der Waals surface area contributed by atoms with Crippen LogP contribution in [0, 0.1) is 11.8 Å². The number of hydrogen-bond donors (Lipinski definition) is 1. The van der Waals surface area contributed by atoms with E-state index in [1.165, 1.54) is 6.07 Å². The second kappa shape index (κ2) is 5.50. The van der Waals surface area contributed by atoms with Gasteiger partial charge in [-0.1, -0.05) is 18.2 Å². The van der Waals surface area contributed by atoms with Crippen LogP contribution in [0.15, 0.2) is 36.4 Å². The number of ether oxygens (including phenoxy) is 2. The van der Waals surface area contributed by atoms with Crippen molar-refractivity contribution in [2.45, 2.75) is 18.6 Å². The van der Waals surface area contributed by atoms with E-state index in [0.29, 0.717) is 5.69 Å². The Labute approximate surface area is 143 Å². The van der Waals surface area contributed by atoms with Crippen LogP contribution in [0.4, 0.5) is 5.69 Å². The first-order chi connectivity index (χ1) is 12.0. The van der Waals surface area contributed by atoms with Crippen molar-refractivity contribution in [2.24, 2.45) is 11.8 Å². The van der Waals surface area contributed by atoms with Gasteiger partial charge in [0.1, 0.15) is 5.60 Å². The van der Waals surface area contributed by atoms with Crippen molar-refractivity contribution in [1.29, 1.82) is 0 Å². The average molecular weight is 343 g/mol. The van der Waals surface area contributed by atoms with Gasteiger partial charge in [0, 0.05) is 0 Å². The van der Waals surface area contributed by atoms with Crippen molar-refractivity contribution in [2.75, 3.05) is 18.1 Å². The number of nitrogens with zero attached hydrogens (tertiary/aromatic N) is 1. The van der Waals surface area contributed by atoms with E-state index in [1.54, 1.807) is 37.3 Å². The van der Waals surface area contributed by atoms with Crippen LogP contribution in [-0.2, 0) is 19.1 Å². The van der Waals surface area contributed by atoms with Crippen LogP contribution < -0.4 is 4.90 Å². The molecule has 2 bridgehead atoms. The van der Waals surface area contributed by atoms with Crippen LogP contribution in [0.3, 0.4) is 0 Å². The Morgan fingerprint density at radius 3 is 2.88 bits per heavy atom. The molecule has 1 N–H and O–H groups in total. The average Bonchev–Trinajstić information content (AvgIpc) is 3.26. The fourth-order valence-corrected chi connectivity index (χ4v) is 3.92. The number of aliphatic hydroxyl groups excluding tert-OH is 1. The number of amides is 2. The summed E-state index contributed by atoms with van der Waals surface area (Å²) in [5, 5.41) is 9.71. The van der Waals surface area contributed by atoms with Crippen LogP contribution in [0.5, 0.6) is 0 Å². The standard InChI is InChI=1S/C18H17NO6/c1-2-24-17(23)10-4-3-5-11(8-10)19-15(21)13-12-6-7-18(9-20,25-12)14(13)16(19)22/h3-8,12-14,20H,2,9H2,1H3/t12-,13-,14+,18-/m1/s1. The largest absolute Gasteiger partial charge is 0.462 e. The predicted molar refractivity (Wildman–Crippen MR) is 85.7 cm³/mol. The SMILES string of the molecule is CCOC(=O)c1cccc(N2C(=O)[C@H]3[C@@H](C2=O)[C@]2(CO)C=C[C@H]3O2)c1. The highest BCUT2D eigenvalue weighted by Crippen LogP contribution is 2.52. The summed E-state index contributed by atoms with van der Waals surface area (Å²) in [4.78, 5) is 38.8. The number of fused-ring (bicyclic) bond motifs is 5. The maximum atomic E-state index is 12.9. The number of imide groups is 1. The van der Waals surface area contributed by atoms with Crippen LogP contribution >= 0.6 is 0 Å². The lowest BCUT2D eigenvalue weighted by atomic mass is 9.77. The molecule has 4 rings (SSSR count). The summed E-state index contributed by atoms with van der Waals surface area (Å²) in [5.74, 6) is -2.69. The highest BCUT2D eigenvalue weighted by Gasteiger charge is 2.67. The first kappa shape index (κ1) is 16.0. The molecular formula is C18H17NO6. The predicted octanol–water partition coefficient (Wildman–Crippen LogP) is 0.669. The molecule has 2 amide bonds. The minimum atomic E-state index is -1.13. The third kappa shape index (κ3) is 2.09. The van der Waals surface area contributed by atoms with Gasteiger partial charge in [0.25, 0.3) is 0 Å². The maximum absolute atomic E-state index is 12.9. The van der Waals surface area contributed by atoms with Gasteiger partial charge in [0.05, 0.1) is 42.4 Å². The lowest BCUT2D eigenvalue weighted by molar-refractivity contribution is -0.128. The van der Waals surface area contributed by atoms with Crippen molar-refractivity contribution < 1.29 is 29.0 Å². The van der Waals surface area contributed by atoms with E-state index in [4.69, 9.17) is 9.47 Å². The van der Waals surface area contributed by atoms with Crippen LogP contribution in [0.25, 0.3) is 0 Å². The van der Waals surface area contributed by atoms with E-state index in [-0.39, 0.29) is 24.7 Å². The van der Waals surface area contributed by atoms with E-state index in [9.17, 15) is 19.5 Å². The summed E-state index contributed by atoms with van der Waals surface area (Å²) in [6.45, 7) is 1.57. The highest BCUT2D eigenvalue weighted by atomic mass is 16.5. The summed E-state index contributed by atoms with van der Waals surface area (Å²) in [6, 6.07) is 6.23. The molecule has 2 fully saturated rings. The van der Waals surface area contributed by atoms with Gasteiger partial charge < -0.3 is 14.6 Å². The molecular weight excluding hydrogens is 326 g/mol. The van der Waals surface area contributed by atoms with Gasteiger partial charge in [-0.3, -0.25) is 9.59 Å². The Bertz CT molecular complexity index is 803. The summed E-state index contributed by atoms with van der Waals surface area (Å²) in [6.07, 6.45) is 2.88. The zero-order valence-corrected chi connectivity index (χ0v) is 13.5.